The Kier molecular flexibility index (Phi) is 7.29. The highest BCUT2D eigenvalue weighted by Gasteiger charge is 2.12. The van der Waals surface area contributed by atoms with Crippen LogP contribution in [0, 0.1) is 5.92 Å². The predicted molar refractivity (Wildman–Crippen MR) is 124 cm³/mol. The summed E-state index contributed by atoms with van der Waals surface area (Å²) in [6, 6.07) is 15.1. The van der Waals surface area contributed by atoms with Crippen LogP contribution in [0.2, 0.25) is 0 Å². The molecule has 0 saturated carbocycles. The lowest BCUT2D eigenvalue weighted by atomic mass is 10.1. The van der Waals surface area contributed by atoms with Crippen LogP contribution in [0.5, 0.6) is 0 Å². The van der Waals surface area contributed by atoms with Crippen molar-refractivity contribution in [1.29, 1.82) is 0 Å². The van der Waals surface area contributed by atoms with Crippen LogP contribution in [0.3, 0.4) is 0 Å². The number of hydrogen-bond donors (Lipinski definition) is 2. The number of aliphatic imine (C=N–C) groups is 1. The SMILES string of the molecule is CC1C=C(N[C@@H](C)c2cccc(NC(=O)c3cccc(Br)c3)c2)N=C(Cl)C=CC1. The van der Waals surface area contributed by atoms with E-state index >= 15 is 0 Å². The highest BCUT2D eigenvalue weighted by atomic mass is 79.9. The molecule has 2 N–H and O–H groups in total. The summed E-state index contributed by atoms with van der Waals surface area (Å²) < 4.78 is 0.868. The van der Waals surface area contributed by atoms with Crippen LogP contribution in [-0.2, 0) is 0 Å². The number of rotatable bonds is 5. The van der Waals surface area contributed by atoms with Gasteiger partial charge in [-0.15, -0.1) is 0 Å². The topological polar surface area (TPSA) is 53.5 Å². The normalized spacial score (nSPS) is 17.4. The zero-order valence-corrected chi connectivity index (χ0v) is 18.7. The van der Waals surface area contributed by atoms with Gasteiger partial charge in [-0.3, -0.25) is 4.79 Å². The molecule has 0 bridgehead atoms. The molecular weight excluding hydrogens is 450 g/mol. The molecule has 1 aliphatic rings. The molecule has 0 radical (unpaired) electrons. The van der Waals surface area contributed by atoms with E-state index in [0.29, 0.717) is 16.7 Å². The molecule has 0 spiro atoms. The molecule has 1 unspecified atom stereocenters. The lowest BCUT2D eigenvalue weighted by Crippen LogP contribution is -2.19. The average molecular weight is 473 g/mol. The fourth-order valence-electron chi connectivity index (χ4n) is 3.01. The van der Waals surface area contributed by atoms with E-state index in [4.69, 9.17) is 11.6 Å². The number of nitrogens with zero attached hydrogens (tertiary/aromatic N) is 1. The minimum absolute atomic E-state index is 0.00667. The van der Waals surface area contributed by atoms with E-state index in [2.05, 4.69) is 51.5 Å². The highest BCUT2D eigenvalue weighted by Crippen LogP contribution is 2.21. The lowest BCUT2D eigenvalue weighted by Gasteiger charge is -2.19. The van der Waals surface area contributed by atoms with Crippen LogP contribution in [0.15, 0.2) is 82.0 Å². The van der Waals surface area contributed by atoms with E-state index < -0.39 is 0 Å². The molecule has 0 aromatic heterocycles. The summed E-state index contributed by atoms with van der Waals surface area (Å²) in [5.74, 6) is 0.969. The number of carbonyl (C=O) groups excluding carboxylic acids is 1. The first-order valence-corrected chi connectivity index (χ1v) is 10.6. The van der Waals surface area contributed by atoms with Gasteiger partial charge in [-0.25, -0.2) is 4.99 Å². The molecule has 2 aromatic rings. The quantitative estimate of drug-likeness (QED) is 0.527. The van der Waals surface area contributed by atoms with E-state index in [1.807, 2.05) is 48.6 Å². The Morgan fingerprint density at radius 2 is 2.03 bits per heavy atom. The van der Waals surface area contributed by atoms with E-state index in [0.717, 1.165) is 28.0 Å². The monoisotopic (exact) mass is 471 g/mol. The number of carbonyl (C=O) groups is 1. The lowest BCUT2D eigenvalue weighted by molar-refractivity contribution is 0.102. The Labute approximate surface area is 184 Å². The molecule has 2 aromatic carbocycles. The van der Waals surface area contributed by atoms with Crippen LogP contribution in [0.4, 0.5) is 5.69 Å². The molecule has 29 heavy (non-hydrogen) atoms. The van der Waals surface area contributed by atoms with Crippen molar-refractivity contribution < 1.29 is 4.79 Å². The van der Waals surface area contributed by atoms with Gasteiger partial charge in [0, 0.05) is 15.7 Å². The summed E-state index contributed by atoms with van der Waals surface area (Å²) in [7, 11) is 0. The van der Waals surface area contributed by atoms with Crippen molar-refractivity contribution in [2.75, 3.05) is 5.32 Å². The number of halogens is 2. The summed E-state index contributed by atoms with van der Waals surface area (Å²) >= 11 is 9.54. The third-order valence-electron chi connectivity index (χ3n) is 4.53. The third kappa shape index (κ3) is 6.31. The summed E-state index contributed by atoms with van der Waals surface area (Å²) in [6.07, 6.45) is 6.86. The molecule has 0 fully saturated rings. The van der Waals surface area contributed by atoms with E-state index in [9.17, 15) is 4.79 Å². The fraction of sp³-hybridized carbons (Fsp3) is 0.217. The number of benzene rings is 2. The molecule has 0 aliphatic carbocycles. The second-order valence-corrected chi connectivity index (χ2v) is 8.36. The van der Waals surface area contributed by atoms with Gasteiger partial charge in [0.05, 0.1) is 6.04 Å². The maximum atomic E-state index is 12.5. The first kappa shape index (κ1) is 21.3. The van der Waals surface area contributed by atoms with Gasteiger partial charge < -0.3 is 10.6 Å². The minimum Gasteiger partial charge on any atom is -0.364 e. The van der Waals surface area contributed by atoms with Crippen molar-refractivity contribution in [3.05, 3.63) is 88.2 Å². The van der Waals surface area contributed by atoms with E-state index in [1.54, 1.807) is 12.1 Å². The van der Waals surface area contributed by atoms with Crippen molar-refractivity contribution in [2.24, 2.45) is 10.9 Å². The fourth-order valence-corrected chi connectivity index (χ4v) is 3.59. The van der Waals surface area contributed by atoms with Crippen LogP contribution >= 0.6 is 27.5 Å². The number of hydrogen-bond acceptors (Lipinski definition) is 3. The summed E-state index contributed by atoms with van der Waals surface area (Å²) in [6.45, 7) is 4.20. The molecular formula is C23H23BrClN3O. The Bertz CT molecular complexity index is 984. The minimum atomic E-state index is -0.149. The zero-order chi connectivity index (χ0) is 20.8. The van der Waals surface area contributed by atoms with Gasteiger partial charge in [-0.2, -0.15) is 0 Å². The van der Waals surface area contributed by atoms with E-state index in [1.165, 1.54) is 0 Å². The molecule has 1 heterocycles. The standard InChI is InChI=1S/C23H23BrClN3O/c1-15-6-3-11-21(25)28-22(12-15)26-16(2)17-7-5-10-20(14-17)27-23(29)18-8-4-9-19(24)13-18/h3-5,7-16,26H,6H2,1-2H3,(H,27,29)/t15?,16-/m0/s1. The number of nitrogens with one attached hydrogen (secondary N) is 2. The van der Waals surface area contributed by atoms with Gasteiger partial charge in [0.2, 0.25) is 0 Å². The molecule has 1 aliphatic heterocycles. The van der Waals surface area contributed by atoms with Gasteiger partial charge in [0.1, 0.15) is 11.0 Å². The number of allylic oxidation sites excluding steroid dienone is 3. The number of amides is 1. The van der Waals surface area contributed by atoms with Gasteiger partial charge >= 0.3 is 0 Å². The van der Waals surface area contributed by atoms with Crippen molar-refractivity contribution in [1.82, 2.24) is 5.32 Å². The largest absolute Gasteiger partial charge is 0.364 e. The average Bonchev–Trinajstić information content (AvgIpc) is 2.67. The number of anilines is 1. The van der Waals surface area contributed by atoms with Crippen molar-refractivity contribution >= 4 is 44.3 Å². The van der Waals surface area contributed by atoms with Gasteiger partial charge in [0.15, 0.2) is 0 Å². The molecule has 2 atom stereocenters. The zero-order valence-electron chi connectivity index (χ0n) is 16.3. The van der Waals surface area contributed by atoms with Crippen molar-refractivity contribution in [2.45, 2.75) is 26.3 Å². The van der Waals surface area contributed by atoms with Crippen molar-refractivity contribution in [3.8, 4) is 0 Å². The van der Waals surface area contributed by atoms with Crippen LogP contribution in [-0.4, -0.2) is 11.1 Å². The summed E-state index contributed by atoms with van der Waals surface area (Å²) in [5, 5.41) is 6.83. The first-order valence-electron chi connectivity index (χ1n) is 9.46. The third-order valence-corrected chi connectivity index (χ3v) is 5.23. The second-order valence-electron chi connectivity index (χ2n) is 7.06. The maximum absolute atomic E-state index is 12.5. The van der Waals surface area contributed by atoms with Crippen LogP contribution in [0.1, 0.15) is 42.2 Å². The Morgan fingerprint density at radius 1 is 1.24 bits per heavy atom. The van der Waals surface area contributed by atoms with Crippen LogP contribution < -0.4 is 10.6 Å². The van der Waals surface area contributed by atoms with Gasteiger partial charge in [-0.1, -0.05) is 58.7 Å². The molecule has 3 rings (SSSR count). The molecule has 150 valence electrons. The Morgan fingerprint density at radius 3 is 2.83 bits per heavy atom. The Hall–Kier alpha value is -2.37. The first-order chi connectivity index (χ1) is 13.9. The smallest absolute Gasteiger partial charge is 0.255 e. The molecule has 0 saturated heterocycles. The highest BCUT2D eigenvalue weighted by molar-refractivity contribution is 9.10. The maximum Gasteiger partial charge on any atom is 0.255 e. The summed E-state index contributed by atoms with van der Waals surface area (Å²) in [5.41, 5.74) is 2.38. The molecule has 1 amide bonds. The summed E-state index contributed by atoms with van der Waals surface area (Å²) in [4.78, 5) is 17.0. The molecule has 6 heteroatoms. The predicted octanol–water partition coefficient (Wildman–Crippen LogP) is 6.43. The van der Waals surface area contributed by atoms with Gasteiger partial charge in [0.25, 0.3) is 5.91 Å². The molecule has 4 nitrogen and oxygen atoms in total. The Balaban J connectivity index is 1.73. The second kappa shape index (κ2) is 9.90. The van der Waals surface area contributed by atoms with E-state index in [-0.39, 0.29) is 11.9 Å². The van der Waals surface area contributed by atoms with Crippen molar-refractivity contribution in [3.63, 3.8) is 0 Å². The van der Waals surface area contributed by atoms with Gasteiger partial charge in [-0.05, 0) is 67.3 Å². The van der Waals surface area contributed by atoms with Crippen LogP contribution in [0.25, 0.3) is 0 Å².